The number of nitrogens with one attached hydrogen (secondary N) is 3. The number of rotatable bonds is 5. The lowest BCUT2D eigenvalue weighted by Gasteiger charge is -2.12. The molecule has 0 aliphatic rings. The third kappa shape index (κ3) is 3.23. The van der Waals surface area contributed by atoms with Crippen molar-refractivity contribution in [1.29, 1.82) is 0 Å². The van der Waals surface area contributed by atoms with Gasteiger partial charge in [-0.05, 0) is 24.1 Å². The number of benzene rings is 1. The van der Waals surface area contributed by atoms with Crippen molar-refractivity contribution in [3.8, 4) is 0 Å². The van der Waals surface area contributed by atoms with E-state index in [0.717, 1.165) is 12.2 Å². The van der Waals surface area contributed by atoms with Crippen LogP contribution in [0.1, 0.15) is 6.92 Å². The second kappa shape index (κ2) is 5.71. The van der Waals surface area contributed by atoms with Gasteiger partial charge in [0.2, 0.25) is 0 Å². The molecule has 0 amide bonds. The molecule has 6 heteroatoms. The number of H-pyrrole nitrogens is 2. The second-order valence-electron chi connectivity index (χ2n) is 4.61. The summed E-state index contributed by atoms with van der Waals surface area (Å²) in [7, 11) is 1.67. The van der Waals surface area contributed by atoms with Crippen LogP contribution in [-0.4, -0.2) is 30.2 Å². The summed E-state index contributed by atoms with van der Waals surface area (Å²) >= 11 is 0. The van der Waals surface area contributed by atoms with Crippen molar-refractivity contribution in [2.75, 3.05) is 25.6 Å². The highest BCUT2D eigenvalue weighted by atomic mass is 16.5. The second-order valence-corrected chi connectivity index (χ2v) is 4.61. The molecule has 1 atom stereocenters. The minimum atomic E-state index is -0.641. The first-order valence-corrected chi connectivity index (χ1v) is 6.09. The summed E-state index contributed by atoms with van der Waals surface area (Å²) in [4.78, 5) is 27.5. The Hall–Kier alpha value is -2.08. The third-order valence-corrected chi connectivity index (χ3v) is 2.83. The van der Waals surface area contributed by atoms with Crippen molar-refractivity contribution < 1.29 is 4.74 Å². The van der Waals surface area contributed by atoms with E-state index < -0.39 is 11.1 Å². The lowest BCUT2D eigenvalue weighted by Crippen LogP contribution is -2.28. The highest BCUT2D eigenvalue weighted by molar-refractivity contribution is 5.78. The van der Waals surface area contributed by atoms with Gasteiger partial charge in [-0.3, -0.25) is 9.59 Å². The van der Waals surface area contributed by atoms with E-state index in [1.165, 1.54) is 0 Å². The molecule has 102 valence electrons. The van der Waals surface area contributed by atoms with Crippen LogP contribution in [0.2, 0.25) is 0 Å². The summed E-state index contributed by atoms with van der Waals surface area (Å²) in [6.07, 6.45) is 0. The Kier molecular flexibility index (Phi) is 4.01. The molecule has 0 aliphatic carbocycles. The zero-order valence-corrected chi connectivity index (χ0v) is 10.9. The number of hydrogen-bond donors (Lipinski definition) is 3. The fourth-order valence-electron chi connectivity index (χ4n) is 1.86. The highest BCUT2D eigenvalue weighted by Gasteiger charge is 2.03. The Bertz CT molecular complexity index is 675. The molecular weight excluding hydrogens is 246 g/mol. The monoisotopic (exact) mass is 263 g/mol. The molecule has 0 fully saturated rings. The van der Waals surface area contributed by atoms with Crippen LogP contribution in [0.25, 0.3) is 11.0 Å². The molecular formula is C13H17N3O3. The smallest absolute Gasteiger partial charge is 0.314 e. The number of aromatic nitrogens is 2. The van der Waals surface area contributed by atoms with E-state index in [0.29, 0.717) is 23.6 Å². The van der Waals surface area contributed by atoms with Crippen LogP contribution in [-0.2, 0) is 4.74 Å². The quantitative estimate of drug-likeness (QED) is 0.700. The van der Waals surface area contributed by atoms with Crippen molar-refractivity contribution in [1.82, 2.24) is 9.97 Å². The molecule has 0 aliphatic heterocycles. The maximum Gasteiger partial charge on any atom is 0.314 e. The molecule has 1 heterocycles. The molecule has 1 aromatic heterocycles. The van der Waals surface area contributed by atoms with E-state index in [4.69, 9.17) is 4.74 Å². The summed E-state index contributed by atoms with van der Waals surface area (Å²) in [6, 6.07) is 5.41. The molecule has 0 bridgehead atoms. The summed E-state index contributed by atoms with van der Waals surface area (Å²) in [6.45, 7) is 3.54. The number of aromatic amines is 2. The van der Waals surface area contributed by atoms with Gasteiger partial charge in [0.1, 0.15) is 0 Å². The topological polar surface area (TPSA) is 87.0 Å². The minimum Gasteiger partial charge on any atom is -0.385 e. The molecule has 0 saturated heterocycles. The molecule has 0 radical (unpaired) electrons. The first-order chi connectivity index (χ1) is 9.10. The third-order valence-electron chi connectivity index (χ3n) is 2.83. The molecule has 3 N–H and O–H groups in total. The van der Waals surface area contributed by atoms with E-state index in [2.05, 4.69) is 22.2 Å². The zero-order chi connectivity index (χ0) is 13.8. The maximum atomic E-state index is 11.3. The van der Waals surface area contributed by atoms with Crippen LogP contribution < -0.4 is 16.4 Å². The fraction of sp³-hybridized carbons (Fsp3) is 0.385. The number of methoxy groups -OCH3 is 1. The zero-order valence-electron chi connectivity index (χ0n) is 10.9. The average molecular weight is 263 g/mol. The van der Waals surface area contributed by atoms with Gasteiger partial charge in [-0.15, -0.1) is 0 Å². The van der Waals surface area contributed by atoms with Gasteiger partial charge in [0.05, 0.1) is 17.6 Å². The van der Waals surface area contributed by atoms with E-state index in [9.17, 15) is 9.59 Å². The molecule has 2 rings (SSSR count). The van der Waals surface area contributed by atoms with Crippen molar-refractivity contribution in [3.63, 3.8) is 0 Å². The standard InChI is InChI=1S/C13H17N3O3/c1-8(7-19-2)6-14-9-3-4-10-11(5-9)16-13(18)12(17)15-10/h3-5,8,14H,6-7H2,1-2H3,(H,15,17)(H,16,18). The normalized spacial score (nSPS) is 12.5. The van der Waals surface area contributed by atoms with E-state index >= 15 is 0 Å². The Labute approximate surface area is 109 Å². The summed E-state index contributed by atoms with van der Waals surface area (Å²) in [5.41, 5.74) is 0.826. The number of fused-ring (bicyclic) bond motifs is 1. The highest BCUT2D eigenvalue weighted by Crippen LogP contribution is 2.14. The molecule has 1 aromatic carbocycles. The molecule has 0 saturated carbocycles. The van der Waals surface area contributed by atoms with Crippen LogP contribution in [0.15, 0.2) is 27.8 Å². The Morgan fingerprint density at radius 3 is 2.58 bits per heavy atom. The van der Waals surface area contributed by atoms with E-state index in [1.54, 1.807) is 19.2 Å². The van der Waals surface area contributed by atoms with Gasteiger partial charge >= 0.3 is 11.1 Å². The van der Waals surface area contributed by atoms with Gasteiger partial charge in [-0.25, -0.2) is 0 Å². The Balaban J connectivity index is 2.19. The SMILES string of the molecule is COCC(C)CNc1ccc2[nH]c(=O)c(=O)[nH]c2c1. The van der Waals surface area contributed by atoms with Crippen molar-refractivity contribution >= 4 is 16.7 Å². The average Bonchev–Trinajstić information content (AvgIpc) is 2.38. The van der Waals surface area contributed by atoms with Crippen molar-refractivity contribution in [2.24, 2.45) is 5.92 Å². The number of ether oxygens (including phenoxy) is 1. The first kappa shape index (κ1) is 13.4. The van der Waals surface area contributed by atoms with E-state index in [-0.39, 0.29) is 0 Å². The van der Waals surface area contributed by atoms with Gasteiger partial charge in [0, 0.05) is 19.3 Å². The fourth-order valence-corrected chi connectivity index (χ4v) is 1.86. The molecule has 1 unspecified atom stereocenters. The lowest BCUT2D eigenvalue weighted by molar-refractivity contribution is 0.164. The minimum absolute atomic E-state index is 0.385. The maximum absolute atomic E-state index is 11.3. The van der Waals surface area contributed by atoms with Crippen LogP contribution in [0.3, 0.4) is 0 Å². The first-order valence-electron chi connectivity index (χ1n) is 6.09. The van der Waals surface area contributed by atoms with Crippen molar-refractivity contribution in [2.45, 2.75) is 6.92 Å². The molecule has 0 spiro atoms. The van der Waals surface area contributed by atoms with Gasteiger partial charge in [-0.2, -0.15) is 0 Å². The van der Waals surface area contributed by atoms with Gasteiger partial charge in [0.25, 0.3) is 0 Å². The van der Waals surface area contributed by atoms with Crippen LogP contribution >= 0.6 is 0 Å². The largest absolute Gasteiger partial charge is 0.385 e. The molecule has 6 nitrogen and oxygen atoms in total. The number of hydrogen-bond acceptors (Lipinski definition) is 4. The van der Waals surface area contributed by atoms with Crippen LogP contribution in [0.4, 0.5) is 5.69 Å². The van der Waals surface area contributed by atoms with E-state index in [1.807, 2.05) is 6.07 Å². The van der Waals surface area contributed by atoms with Crippen LogP contribution in [0, 0.1) is 5.92 Å². The van der Waals surface area contributed by atoms with Gasteiger partial charge in [0.15, 0.2) is 0 Å². The summed E-state index contributed by atoms with van der Waals surface area (Å²) in [5.74, 6) is 0.385. The summed E-state index contributed by atoms with van der Waals surface area (Å²) in [5, 5.41) is 3.26. The predicted octanol–water partition coefficient (Wildman–Crippen LogP) is 0.911. The summed E-state index contributed by atoms with van der Waals surface area (Å²) < 4.78 is 5.06. The Morgan fingerprint density at radius 1 is 1.21 bits per heavy atom. The van der Waals surface area contributed by atoms with Crippen LogP contribution in [0.5, 0.6) is 0 Å². The van der Waals surface area contributed by atoms with Gasteiger partial charge < -0.3 is 20.0 Å². The Morgan fingerprint density at radius 2 is 1.89 bits per heavy atom. The lowest BCUT2D eigenvalue weighted by atomic mass is 10.2. The molecule has 2 aromatic rings. The number of anilines is 1. The molecule has 19 heavy (non-hydrogen) atoms. The van der Waals surface area contributed by atoms with Gasteiger partial charge in [-0.1, -0.05) is 6.92 Å². The van der Waals surface area contributed by atoms with Crippen molar-refractivity contribution in [3.05, 3.63) is 38.9 Å². The predicted molar refractivity (Wildman–Crippen MR) is 74.7 cm³/mol.